The number of carboxylic acids is 1. The molecule has 3 rings (SSSR count). The second-order valence-corrected chi connectivity index (χ2v) is 5.32. The summed E-state index contributed by atoms with van der Waals surface area (Å²) in [5.74, 6) is -0.779. The number of benzene rings is 1. The van der Waals surface area contributed by atoms with Gasteiger partial charge in [-0.1, -0.05) is 29.8 Å². The van der Waals surface area contributed by atoms with Crippen molar-refractivity contribution in [1.29, 1.82) is 0 Å². The summed E-state index contributed by atoms with van der Waals surface area (Å²) in [7, 11) is 0. The molecule has 1 N–H and O–H groups in total. The van der Waals surface area contributed by atoms with Crippen LogP contribution in [-0.4, -0.2) is 37.5 Å². The van der Waals surface area contributed by atoms with E-state index < -0.39 is 16.8 Å². The summed E-state index contributed by atoms with van der Waals surface area (Å²) >= 11 is 0. The summed E-state index contributed by atoms with van der Waals surface area (Å²) < 4.78 is 10.5. The number of carboxylic acid groups (broad SMARTS) is 1. The summed E-state index contributed by atoms with van der Waals surface area (Å²) in [6, 6.07) is 8.05. The monoisotopic (exact) mass is 248 g/mol. The van der Waals surface area contributed by atoms with Gasteiger partial charge in [0.1, 0.15) is 5.41 Å². The highest BCUT2D eigenvalue weighted by atomic mass is 16.5. The lowest BCUT2D eigenvalue weighted by Gasteiger charge is -2.56. The van der Waals surface area contributed by atoms with Crippen molar-refractivity contribution in [3.8, 4) is 0 Å². The fraction of sp³-hybridized carbons (Fsp3) is 0.500. The van der Waals surface area contributed by atoms with Crippen LogP contribution in [0.5, 0.6) is 0 Å². The maximum Gasteiger partial charge on any atom is 0.315 e. The van der Waals surface area contributed by atoms with Gasteiger partial charge in [0, 0.05) is 0 Å². The van der Waals surface area contributed by atoms with Crippen LogP contribution in [0.25, 0.3) is 0 Å². The molecular formula is C14H16O4. The third-order valence-corrected chi connectivity index (χ3v) is 4.29. The Labute approximate surface area is 106 Å². The molecular weight excluding hydrogens is 232 g/mol. The molecule has 0 spiro atoms. The summed E-state index contributed by atoms with van der Waals surface area (Å²) in [5.41, 5.74) is 0.946. The molecule has 4 nitrogen and oxygen atoms in total. The van der Waals surface area contributed by atoms with Crippen LogP contribution in [0, 0.1) is 12.3 Å². The van der Waals surface area contributed by atoms with Crippen LogP contribution in [-0.2, 0) is 19.7 Å². The molecule has 0 aliphatic carbocycles. The van der Waals surface area contributed by atoms with Crippen molar-refractivity contribution >= 4 is 5.97 Å². The maximum absolute atomic E-state index is 11.7. The number of hydrogen-bond acceptors (Lipinski definition) is 3. The molecule has 18 heavy (non-hydrogen) atoms. The number of aryl methyl sites for hydroxylation is 1. The first-order chi connectivity index (χ1) is 8.61. The predicted molar refractivity (Wildman–Crippen MR) is 64.6 cm³/mol. The first-order valence-electron chi connectivity index (χ1n) is 6.07. The van der Waals surface area contributed by atoms with Gasteiger partial charge in [0.15, 0.2) is 0 Å². The van der Waals surface area contributed by atoms with E-state index in [2.05, 4.69) is 6.07 Å². The molecule has 0 bridgehead atoms. The highest BCUT2D eigenvalue weighted by molar-refractivity contribution is 5.79. The van der Waals surface area contributed by atoms with Gasteiger partial charge in [-0.25, -0.2) is 0 Å². The number of ether oxygens (including phenoxy) is 2. The third kappa shape index (κ3) is 1.30. The number of aliphatic carboxylic acids is 1. The van der Waals surface area contributed by atoms with Crippen LogP contribution in [0.2, 0.25) is 0 Å². The van der Waals surface area contributed by atoms with Crippen molar-refractivity contribution in [1.82, 2.24) is 0 Å². The topological polar surface area (TPSA) is 55.8 Å². The lowest BCUT2D eigenvalue weighted by molar-refractivity contribution is -0.236. The Morgan fingerprint density at radius 2 is 1.89 bits per heavy atom. The molecule has 1 aromatic rings. The molecule has 0 atom stereocenters. The molecule has 1 aromatic carbocycles. The lowest BCUT2D eigenvalue weighted by Crippen LogP contribution is -2.69. The van der Waals surface area contributed by atoms with Crippen molar-refractivity contribution < 1.29 is 19.4 Å². The van der Waals surface area contributed by atoms with E-state index in [1.165, 1.54) is 0 Å². The van der Waals surface area contributed by atoms with E-state index in [0.29, 0.717) is 13.2 Å². The minimum Gasteiger partial charge on any atom is -0.481 e. The number of rotatable bonds is 3. The molecule has 0 unspecified atom stereocenters. The molecule has 2 aliphatic rings. The Bertz CT molecular complexity index is 486. The van der Waals surface area contributed by atoms with Crippen molar-refractivity contribution in [3.63, 3.8) is 0 Å². The maximum atomic E-state index is 11.7. The van der Waals surface area contributed by atoms with Crippen LogP contribution in [0.15, 0.2) is 24.3 Å². The van der Waals surface area contributed by atoms with Crippen molar-refractivity contribution in [2.75, 3.05) is 26.4 Å². The Morgan fingerprint density at radius 1 is 1.22 bits per heavy atom. The smallest absolute Gasteiger partial charge is 0.315 e. The largest absolute Gasteiger partial charge is 0.481 e. The minimum absolute atomic E-state index is 0.277. The molecule has 0 aromatic heterocycles. The van der Waals surface area contributed by atoms with Crippen molar-refractivity contribution in [3.05, 3.63) is 35.4 Å². The van der Waals surface area contributed by atoms with E-state index in [0.717, 1.165) is 11.1 Å². The lowest BCUT2D eigenvalue weighted by atomic mass is 9.57. The molecule has 2 heterocycles. The molecule has 0 radical (unpaired) electrons. The van der Waals surface area contributed by atoms with Gasteiger partial charge >= 0.3 is 5.97 Å². The van der Waals surface area contributed by atoms with Crippen LogP contribution in [0.3, 0.4) is 0 Å². The summed E-state index contributed by atoms with van der Waals surface area (Å²) in [4.78, 5) is 11.7. The summed E-state index contributed by atoms with van der Waals surface area (Å²) in [5, 5.41) is 9.58. The molecule has 96 valence electrons. The zero-order chi connectivity index (χ0) is 12.8. The number of carbonyl (C=O) groups is 1. The predicted octanol–water partition coefficient (Wildman–Crippen LogP) is 1.36. The first-order valence-corrected chi connectivity index (χ1v) is 6.07. The molecule has 2 saturated heterocycles. The van der Waals surface area contributed by atoms with Gasteiger partial charge in [-0.2, -0.15) is 0 Å². The van der Waals surface area contributed by atoms with E-state index >= 15 is 0 Å². The average molecular weight is 248 g/mol. The van der Waals surface area contributed by atoms with Crippen molar-refractivity contribution in [2.45, 2.75) is 12.3 Å². The van der Waals surface area contributed by atoms with Crippen LogP contribution in [0.4, 0.5) is 0 Å². The molecule has 0 saturated carbocycles. The van der Waals surface area contributed by atoms with E-state index in [-0.39, 0.29) is 13.2 Å². The molecule has 2 aliphatic heterocycles. The van der Waals surface area contributed by atoms with Gasteiger partial charge in [0.05, 0.1) is 31.8 Å². The van der Waals surface area contributed by atoms with Crippen LogP contribution in [0.1, 0.15) is 11.1 Å². The Kier molecular flexibility index (Phi) is 2.47. The van der Waals surface area contributed by atoms with Gasteiger partial charge in [-0.3, -0.25) is 4.79 Å². The standard InChI is InChI=1S/C14H16O4/c1-10-3-2-4-11(5-10)13(6-17-7-13)14(12(15)16)8-18-9-14/h2-5H,6-9H2,1H3,(H,15,16). The number of hydrogen-bond donors (Lipinski definition) is 1. The highest BCUT2D eigenvalue weighted by Gasteiger charge is 2.65. The Morgan fingerprint density at radius 3 is 2.28 bits per heavy atom. The zero-order valence-corrected chi connectivity index (χ0v) is 10.3. The van der Waals surface area contributed by atoms with Crippen molar-refractivity contribution in [2.24, 2.45) is 5.41 Å². The van der Waals surface area contributed by atoms with Crippen LogP contribution >= 0.6 is 0 Å². The summed E-state index contributed by atoms with van der Waals surface area (Å²) in [6.07, 6.45) is 0. The minimum atomic E-state index is -0.820. The quantitative estimate of drug-likeness (QED) is 0.877. The highest BCUT2D eigenvalue weighted by Crippen LogP contribution is 2.52. The van der Waals surface area contributed by atoms with E-state index in [1.807, 2.05) is 25.1 Å². The fourth-order valence-electron chi connectivity index (χ4n) is 2.88. The van der Waals surface area contributed by atoms with Crippen LogP contribution < -0.4 is 0 Å². The van der Waals surface area contributed by atoms with Gasteiger partial charge in [-0.15, -0.1) is 0 Å². The molecule has 0 amide bonds. The Balaban J connectivity index is 2.07. The average Bonchev–Trinajstić information content (AvgIpc) is 2.19. The zero-order valence-electron chi connectivity index (χ0n) is 10.3. The van der Waals surface area contributed by atoms with E-state index in [1.54, 1.807) is 0 Å². The summed E-state index contributed by atoms with van der Waals surface area (Å²) in [6.45, 7) is 3.50. The van der Waals surface area contributed by atoms with Gasteiger partial charge in [-0.05, 0) is 12.5 Å². The van der Waals surface area contributed by atoms with Gasteiger partial charge in [0.2, 0.25) is 0 Å². The normalized spacial score (nSPS) is 23.8. The Hall–Kier alpha value is -1.39. The molecule has 2 fully saturated rings. The third-order valence-electron chi connectivity index (χ3n) is 4.29. The SMILES string of the molecule is Cc1cccc(C2(C3(C(=O)O)COC3)COC2)c1. The van der Waals surface area contributed by atoms with Gasteiger partial charge < -0.3 is 14.6 Å². The van der Waals surface area contributed by atoms with E-state index in [9.17, 15) is 9.90 Å². The van der Waals surface area contributed by atoms with E-state index in [4.69, 9.17) is 9.47 Å². The second-order valence-electron chi connectivity index (χ2n) is 5.32. The van der Waals surface area contributed by atoms with Gasteiger partial charge in [0.25, 0.3) is 0 Å². The second kappa shape index (κ2) is 3.80. The first kappa shape index (κ1) is 11.7. The fourth-order valence-corrected chi connectivity index (χ4v) is 2.88. The molecule has 4 heteroatoms.